The first kappa shape index (κ1) is 23.4. The first-order chi connectivity index (χ1) is 16.6. The lowest BCUT2D eigenvalue weighted by molar-refractivity contribution is 0.0162. The van der Waals surface area contributed by atoms with Crippen molar-refractivity contribution in [2.24, 2.45) is 0 Å². The topological polar surface area (TPSA) is 58.5 Å². The summed E-state index contributed by atoms with van der Waals surface area (Å²) >= 11 is 6.60. The molecule has 6 nitrogen and oxygen atoms in total. The lowest BCUT2D eigenvalue weighted by atomic mass is 10.0. The molecule has 7 heteroatoms. The quantitative estimate of drug-likeness (QED) is 0.533. The van der Waals surface area contributed by atoms with E-state index in [0.717, 1.165) is 43.5 Å². The van der Waals surface area contributed by atoms with Crippen LogP contribution in [-0.2, 0) is 11.3 Å². The lowest BCUT2D eigenvalue weighted by Crippen LogP contribution is -2.43. The summed E-state index contributed by atoms with van der Waals surface area (Å²) in [6.45, 7) is 7.66. The summed E-state index contributed by atoms with van der Waals surface area (Å²) in [4.78, 5) is 15.9. The molecule has 0 aliphatic carbocycles. The fraction of sp³-hybridized carbons (Fsp3) is 0.444. The Bertz CT molecular complexity index is 1130. The van der Waals surface area contributed by atoms with Crippen LogP contribution < -0.4 is 10.6 Å². The number of amides is 1. The van der Waals surface area contributed by atoms with E-state index in [4.69, 9.17) is 16.3 Å². The van der Waals surface area contributed by atoms with Crippen molar-refractivity contribution in [3.8, 4) is 0 Å². The Labute approximate surface area is 206 Å². The highest BCUT2D eigenvalue weighted by Gasteiger charge is 2.25. The van der Waals surface area contributed by atoms with Gasteiger partial charge in [0.05, 0.1) is 35.4 Å². The van der Waals surface area contributed by atoms with Crippen LogP contribution in [0, 0.1) is 6.92 Å². The molecule has 0 radical (unpaired) electrons. The van der Waals surface area contributed by atoms with Gasteiger partial charge in [-0.05, 0) is 44.0 Å². The van der Waals surface area contributed by atoms with Gasteiger partial charge in [0.15, 0.2) is 0 Å². The van der Waals surface area contributed by atoms with Crippen LogP contribution in [0.15, 0.2) is 48.7 Å². The Kier molecular flexibility index (Phi) is 7.21. The number of carbonyl (C=O) groups is 1. The van der Waals surface area contributed by atoms with E-state index in [9.17, 15) is 4.79 Å². The van der Waals surface area contributed by atoms with Crippen LogP contribution in [0.4, 0.5) is 0 Å². The number of ether oxygens (including phenoxy) is 1. The third-order valence-electron chi connectivity index (χ3n) is 7.08. The van der Waals surface area contributed by atoms with Gasteiger partial charge < -0.3 is 19.9 Å². The Hall–Kier alpha value is -2.38. The number of halogens is 1. The minimum Gasteiger partial charge on any atom is -0.379 e. The SMILES string of the molecule is Cc1ccc(C(CNC(=O)c2cn(C[C@@H]3CCCN3)c3cccc(Cl)c23)N2CCOCC2)cc1. The molecular formula is C27H33ClN4O2. The zero-order valence-corrected chi connectivity index (χ0v) is 20.5. The average Bonchev–Trinajstić information content (AvgIpc) is 3.50. The Morgan fingerprint density at radius 3 is 2.74 bits per heavy atom. The third-order valence-corrected chi connectivity index (χ3v) is 7.40. The summed E-state index contributed by atoms with van der Waals surface area (Å²) in [5.74, 6) is -0.0818. The van der Waals surface area contributed by atoms with Crippen LogP contribution >= 0.6 is 11.6 Å². The predicted octanol–water partition coefficient (Wildman–Crippen LogP) is 4.16. The normalized spacial score (nSPS) is 20.0. The molecule has 0 spiro atoms. The number of aryl methyl sites for hydroxylation is 1. The number of hydrogen-bond acceptors (Lipinski definition) is 4. The zero-order chi connectivity index (χ0) is 23.5. The molecule has 180 valence electrons. The van der Waals surface area contributed by atoms with Crippen LogP contribution in [0.25, 0.3) is 10.9 Å². The molecule has 0 bridgehead atoms. The van der Waals surface area contributed by atoms with Gasteiger partial charge in [-0.3, -0.25) is 9.69 Å². The van der Waals surface area contributed by atoms with Crippen LogP contribution in [0.5, 0.6) is 0 Å². The van der Waals surface area contributed by atoms with Gasteiger partial charge in [0.2, 0.25) is 0 Å². The van der Waals surface area contributed by atoms with Gasteiger partial charge in [-0.15, -0.1) is 0 Å². The number of nitrogens with zero attached hydrogens (tertiary/aromatic N) is 2. The van der Waals surface area contributed by atoms with Crippen molar-refractivity contribution in [2.75, 3.05) is 39.4 Å². The number of carbonyl (C=O) groups excluding carboxylic acids is 1. The number of morpholine rings is 1. The van der Waals surface area contributed by atoms with Crippen LogP contribution in [0.3, 0.4) is 0 Å². The minimum atomic E-state index is -0.0818. The maximum absolute atomic E-state index is 13.5. The van der Waals surface area contributed by atoms with Gasteiger partial charge >= 0.3 is 0 Å². The number of aromatic nitrogens is 1. The summed E-state index contributed by atoms with van der Waals surface area (Å²) in [5.41, 5.74) is 4.09. The van der Waals surface area contributed by atoms with E-state index in [0.29, 0.717) is 36.4 Å². The molecule has 3 heterocycles. The van der Waals surface area contributed by atoms with Crippen molar-refractivity contribution in [1.29, 1.82) is 0 Å². The number of benzene rings is 2. The molecule has 5 rings (SSSR count). The summed E-state index contributed by atoms with van der Waals surface area (Å²) in [6, 6.07) is 15.0. The van der Waals surface area contributed by atoms with E-state index in [-0.39, 0.29) is 11.9 Å². The summed E-state index contributed by atoms with van der Waals surface area (Å²) in [5, 5.41) is 8.22. The predicted molar refractivity (Wildman–Crippen MR) is 137 cm³/mol. The fourth-order valence-electron chi connectivity index (χ4n) is 5.20. The molecule has 1 amide bonds. The summed E-state index contributed by atoms with van der Waals surface area (Å²) in [6.07, 6.45) is 4.32. The van der Waals surface area contributed by atoms with Crippen LogP contribution in [0.1, 0.15) is 40.4 Å². The Balaban J connectivity index is 1.39. The first-order valence-electron chi connectivity index (χ1n) is 12.3. The smallest absolute Gasteiger partial charge is 0.253 e. The van der Waals surface area contributed by atoms with Gasteiger partial charge in [0.25, 0.3) is 5.91 Å². The lowest BCUT2D eigenvalue weighted by Gasteiger charge is -2.35. The monoisotopic (exact) mass is 480 g/mol. The summed E-state index contributed by atoms with van der Waals surface area (Å²) in [7, 11) is 0. The first-order valence-corrected chi connectivity index (χ1v) is 12.7. The van der Waals surface area contributed by atoms with E-state index < -0.39 is 0 Å². The number of hydrogen-bond donors (Lipinski definition) is 2. The molecule has 34 heavy (non-hydrogen) atoms. The van der Waals surface area contributed by atoms with Crippen LogP contribution in [-0.4, -0.2) is 60.8 Å². The highest BCUT2D eigenvalue weighted by molar-refractivity contribution is 6.36. The van der Waals surface area contributed by atoms with Gasteiger partial charge in [-0.2, -0.15) is 0 Å². The molecule has 2 saturated heterocycles. The van der Waals surface area contributed by atoms with Crippen LogP contribution in [0.2, 0.25) is 5.02 Å². The van der Waals surface area contributed by atoms with Crippen molar-refractivity contribution >= 4 is 28.4 Å². The second-order valence-electron chi connectivity index (χ2n) is 9.41. The van der Waals surface area contributed by atoms with E-state index in [1.807, 2.05) is 18.3 Å². The molecule has 1 aromatic heterocycles. The fourth-order valence-corrected chi connectivity index (χ4v) is 5.47. The van der Waals surface area contributed by atoms with Gasteiger partial charge in [0, 0.05) is 43.8 Å². The highest BCUT2D eigenvalue weighted by Crippen LogP contribution is 2.30. The van der Waals surface area contributed by atoms with Gasteiger partial charge in [-0.1, -0.05) is 47.5 Å². The molecule has 2 fully saturated rings. The second-order valence-corrected chi connectivity index (χ2v) is 9.81. The maximum Gasteiger partial charge on any atom is 0.253 e. The number of nitrogens with one attached hydrogen (secondary N) is 2. The van der Waals surface area contributed by atoms with Gasteiger partial charge in [0.1, 0.15) is 0 Å². The molecule has 1 unspecified atom stereocenters. The second kappa shape index (κ2) is 10.5. The maximum atomic E-state index is 13.5. The molecule has 0 saturated carbocycles. The van der Waals surface area contributed by atoms with Crippen molar-refractivity contribution in [3.63, 3.8) is 0 Å². The molecule has 2 aromatic carbocycles. The van der Waals surface area contributed by atoms with E-state index >= 15 is 0 Å². The number of rotatable bonds is 7. The third kappa shape index (κ3) is 5.01. The number of fused-ring (bicyclic) bond motifs is 1. The molecule has 2 aliphatic rings. The zero-order valence-electron chi connectivity index (χ0n) is 19.7. The standard InChI is InChI=1S/C27H33ClN4O2/c1-19-7-9-20(10-8-19)25(31-12-14-34-15-13-31)16-30-27(33)22-18-32(17-21-4-3-11-29-21)24-6-2-5-23(28)26(22)24/h2,5-10,18,21,25,29H,3-4,11-17H2,1H3,(H,30,33)/t21-,25?/m0/s1. The highest BCUT2D eigenvalue weighted by atomic mass is 35.5. The molecule has 2 atom stereocenters. The molecule has 3 aromatic rings. The van der Waals surface area contributed by atoms with Crippen molar-refractivity contribution < 1.29 is 9.53 Å². The molecule has 2 N–H and O–H groups in total. The van der Waals surface area contributed by atoms with Crippen molar-refractivity contribution in [1.82, 2.24) is 20.1 Å². The average molecular weight is 481 g/mol. The van der Waals surface area contributed by atoms with E-state index in [2.05, 4.69) is 57.4 Å². The van der Waals surface area contributed by atoms with E-state index in [1.165, 1.54) is 17.5 Å². The van der Waals surface area contributed by atoms with Gasteiger partial charge in [-0.25, -0.2) is 0 Å². The van der Waals surface area contributed by atoms with Crippen molar-refractivity contribution in [2.45, 2.75) is 38.4 Å². The molecule has 2 aliphatic heterocycles. The molecular weight excluding hydrogens is 448 g/mol. The van der Waals surface area contributed by atoms with E-state index in [1.54, 1.807) is 0 Å². The Morgan fingerprint density at radius 1 is 1.21 bits per heavy atom. The largest absolute Gasteiger partial charge is 0.379 e. The minimum absolute atomic E-state index is 0.0818. The summed E-state index contributed by atoms with van der Waals surface area (Å²) < 4.78 is 7.75. The van der Waals surface area contributed by atoms with Crippen molar-refractivity contribution in [3.05, 3.63) is 70.4 Å². The Morgan fingerprint density at radius 2 is 2.00 bits per heavy atom.